The van der Waals surface area contributed by atoms with Crippen LogP contribution in [0.2, 0.25) is 0 Å². The summed E-state index contributed by atoms with van der Waals surface area (Å²) in [6.45, 7) is 0. The maximum absolute atomic E-state index is 10.8. The lowest BCUT2D eigenvalue weighted by Gasteiger charge is -2.05. The second kappa shape index (κ2) is 3.49. The zero-order valence-corrected chi connectivity index (χ0v) is 8.07. The first-order valence-corrected chi connectivity index (χ1v) is 4.34. The first-order valence-electron chi connectivity index (χ1n) is 4.34. The van der Waals surface area contributed by atoms with Gasteiger partial charge in [0.2, 0.25) is 0 Å². The molecule has 0 unspecified atom stereocenters. The summed E-state index contributed by atoms with van der Waals surface area (Å²) in [5, 5.41) is 6.52. The van der Waals surface area contributed by atoms with Gasteiger partial charge in [-0.2, -0.15) is 0 Å². The van der Waals surface area contributed by atoms with Gasteiger partial charge in [-0.1, -0.05) is 5.16 Å². The molecule has 2 rings (SSSR count). The van der Waals surface area contributed by atoms with E-state index in [9.17, 15) is 4.79 Å². The first kappa shape index (κ1) is 9.32. The van der Waals surface area contributed by atoms with Crippen LogP contribution in [0.4, 0.5) is 11.4 Å². The molecule has 0 saturated heterocycles. The maximum atomic E-state index is 10.8. The lowest BCUT2D eigenvalue weighted by atomic mass is 10.1. The van der Waals surface area contributed by atoms with Crippen LogP contribution in [-0.2, 0) is 0 Å². The number of nitrogen functional groups attached to an aromatic ring is 1. The van der Waals surface area contributed by atoms with Crippen LogP contribution in [-0.4, -0.2) is 17.2 Å². The molecule has 2 aromatic rings. The van der Waals surface area contributed by atoms with Gasteiger partial charge in [0.25, 0.3) is 0 Å². The monoisotopic (exact) mass is 206 g/mol. The number of nitrogens with one attached hydrogen (secondary N) is 2. The van der Waals surface area contributed by atoms with Crippen molar-refractivity contribution in [3.05, 3.63) is 28.7 Å². The molecule has 0 bridgehead atoms. The second-order valence-electron chi connectivity index (χ2n) is 3.00. The third-order valence-electron chi connectivity index (χ3n) is 2.04. The van der Waals surface area contributed by atoms with Crippen molar-refractivity contribution in [3.8, 4) is 11.4 Å². The summed E-state index contributed by atoms with van der Waals surface area (Å²) >= 11 is 0. The predicted octanol–water partition coefficient (Wildman–Crippen LogP) is 0.654. The predicted molar refractivity (Wildman–Crippen MR) is 56.5 cm³/mol. The van der Waals surface area contributed by atoms with Crippen LogP contribution in [0.3, 0.4) is 0 Å². The van der Waals surface area contributed by atoms with Crippen LogP contribution < -0.4 is 16.8 Å². The van der Waals surface area contributed by atoms with Crippen LogP contribution in [0.15, 0.2) is 27.5 Å². The minimum Gasteiger partial charge on any atom is -0.397 e. The van der Waals surface area contributed by atoms with E-state index in [1.807, 2.05) is 0 Å². The Morgan fingerprint density at radius 2 is 2.33 bits per heavy atom. The lowest BCUT2D eigenvalue weighted by Crippen LogP contribution is -1.97. The number of hydrogen-bond donors (Lipinski definition) is 3. The maximum Gasteiger partial charge on any atom is 0.439 e. The molecule has 0 aliphatic carbocycles. The number of hydrogen-bond acceptors (Lipinski definition) is 5. The van der Waals surface area contributed by atoms with E-state index in [4.69, 9.17) is 5.73 Å². The van der Waals surface area contributed by atoms with Gasteiger partial charge in [-0.15, -0.1) is 0 Å². The van der Waals surface area contributed by atoms with Crippen molar-refractivity contribution in [1.82, 2.24) is 10.1 Å². The summed E-state index contributed by atoms with van der Waals surface area (Å²) in [5.41, 5.74) is 7.85. The van der Waals surface area contributed by atoms with Gasteiger partial charge in [-0.05, 0) is 18.2 Å². The van der Waals surface area contributed by atoms with Gasteiger partial charge in [0.05, 0.1) is 11.4 Å². The number of rotatable bonds is 2. The smallest absolute Gasteiger partial charge is 0.397 e. The zero-order chi connectivity index (χ0) is 10.8. The molecule has 0 fully saturated rings. The topological polar surface area (TPSA) is 96.9 Å². The van der Waals surface area contributed by atoms with Crippen molar-refractivity contribution in [3.63, 3.8) is 0 Å². The fraction of sp³-hybridized carbons (Fsp3) is 0.111. The molecule has 1 heterocycles. The van der Waals surface area contributed by atoms with Crippen LogP contribution in [0.25, 0.3) is 11.4 Å². The van der Waals surface area contributed by atoms with Gasteiger partial charge in [0.15, 0.2) is 5.82 Å². The summed E-state index contributed by atoms with van der Waals surface area (Å²) in [6.07, 6.45) is 0. The summed E-state index contributed by atoms with van der Waals surface area (Å²) in [6, 6.07) is 5.27. The second-order valence-corrected chi connectivity index (χ2v) is 3.00. The molecule has 0 aliphatic rings. The highest BCUT2D eigenvalue weighted by Crippen LogP contribution is 2.24. The quantitative estimate of drug-likeness (QED) is 0.627. The van der Waals surface area contributed by atoms with Gasteiger partial charge in [-0.25, -0.2) is 4.79 Å². The van der Waals surface area contributed by atoms with Gasteiger partial charge < -0.3 is 11.1 Å². The van der Waals surface area contributed by atoms with Crippen molar-refractivity contribution in [2.75, 3.05) is 18.1 Å². The molecule has 78 valence electrons. The van der Waals surface area contributed by atoms with Gasteiger partial charge in [0.1, 0.15) is 0 Å². The SMILES string of the molecule is CNc1cc(-c2noc(=O)[nH]2)ccc1N. The van der Waals surface area contributed by atoms with E-state index in [1.54, 1.807) is 25.2 Å². The largest absolute Gasteiger partial charge is 0.439 e. The Kier molecular flexibility index (Phi) is 2.17. The summed E-state index contributed by atoms with van der Waals surface area (Å²) < 4.78 is 4.41. The molecule has 0 spiro atoms. The number of aromatic amines is 1. The molecule has 0 amide bonds. The summed E-state index contributed by atoms with van der Waals surface area (Å²) in [4.78, 5) is 13.2. The van der Waals surface area contributed by atoms with Crippen molar-refractivity contribution in [2.24, 2.45) is 0 Å². The third kappa shape index (κ3) is 1.69. The van der Waals surface area contributed by atoms with Crippen molar-refractivity contribution in [2.45, 2.75) is 0 Å². The Labute approximate surface area is 85.1 Å². The number of anilines is 2. The number of nitrogens with two attached hydrogens (primary N) is 1. The minimum atomic E-state index is -0.576. The van der Waals surface area contributed by atoms with E-state index in [2.05, 4.69) is 20.0 Å². The zero-order valence-electron chi connectivity index (χ0n) is 8.07. The molecular weight excluding hydrogens is 196 g/mol. The highest BCUT2D eigenvalue weighted by atomic mass is 16.5. The van der Waals surface area contributed by atoms with E-state index in [0.717, 1.165) is 11.3 Å². The Morgan fingerprint density at radius 3 is 2.93 bits per heavy atom. The third-order valence-corrected chi connectivity index (χ3v) is 2.04. The van der Waals surface area contributed by atoms with E-state index in [0.29, 0.717) is 11.5 Å². The number of aromatic nitrogens is 2. The van der Waals surface area contributed by atoms with E-state index < -0.39 is 5.76 Å². The molecule has 6 heteroatoms. The molecule has 6 nitrogen and oxygen atoms in total. The molecule has 0 radical (unpaired) electrons. The van der Waals surface area contributed by atoms with Crippen molar-refractivity contribution in [1.29, 1.82) is 0 Å². The molecule has 0 atom stereocenters. The Hall–Kier alpha value is -2.24. The van der Waals surface area contributed by atoms with Gasteiger partial charge in [0, 0.05) is 12.6 Å². The first-order chi connectivity index (χ1) is 7.20. The minimum absolute atomic E-state index is 0.386. The fourth-order valence-corrected chi connectivity index (χ4v) is 1.27. The Morgan fingerprint density at radius 1 is 1.53 bits per heavy atom. The van der Waals surface area contributed by atoms with Crippen LogP contribution >= 0.6 is 0 Å². The van der Waals surface area contributed by atoms with E-state index >= 15 is 0 Å². The number of H-pyrrole nitrogens is 1. The van der Waals surface area contributed by atoms with E-state index in [-0.39, 0.29) is 0 Å². The Balaban J connectivity index is 2.50. The highest BCUT2D eigenvalue weighted by Gasteiger charge is 2.06. The average Bonchev–Trinajstić information content (AvgIpc) is 2.66. The van der Waals surface area contributed by atoms with Crippen LogP contribution in [0.1, 0.15) is 0 Å². The summed E-state index contributed by atoms with van der Waals surface area (Å²) in [7, 11) is 1.76. The molecular formula is C9H10N4O2. The molecule has 4 N–H and O–H groups in total. The number of benzene rings is 1. The molecule has 1 aromatic carbocycles. The van der Waals surface area contributed by atoms with Gasteiger partial charge >= 0.3 is 5.76 Å². The molecule has 1 aromatic heterocycles. The van der Waals surface area contributed by atoms with Crippen LogP contribution in [0, 0.1) is 0 Å². The van der Waals surface area contributed by atoms with Crippen LogP contribution in [0.5, 0.6) is 0 Å². The van der Waals surface area contributed by atoms with E-state index in [1.165, 1.54) is 0 Å². The van der Waals surface area contributed by atoms with Gasteiger partial charge in [-0.3, -0.25) is 9.51 Å². The fourth-order valence-electron chi connectivity index (χ4n) is 1.27. The standard InChI is InChI=1S/C9H10N4O2/c1-11-7-4-5(2-3-6(7)10)8-12-9(14)15-13-8/h2-4,11H,10H2,1H3,(H,12,13,14). The summed E-state index contributed by atoms with van der Waals surface area (Å²) in [5.74, 6) is -0.190. The molecule has 0 aliphatic heterocycles. The normalized spacial score (nSPS) is 10.2. The lowest BCUT2D eigenvalue weighted by molar-refractivity contribution is 0.388. The highest BCUT2D eigenvalue weighted by molar-refractivity contribution is 5.73. The molecule has 0 saturated carbocycles. The molecule has 15 heavy (non-hydrogen) atoms. The van der Waals surface area contributed by atoms with Crippen molar-refractivity contribution >= 4 is 11.4 Å². The number of nitrogens with zero attached hydrogens (tertiary/aromatic N) is 1. The van der Waals surface area contributed by atoms with Crippen molar-refractivity contribution < 1.29 is 4.52 Å². The Bertz CT molecular complexity index is 529. The average molecular weight is 206 g/mol.